The molecule has 0 atom stereocenters. The van der Waals surface area contributed by atoms with Gasteiger partial charge in [-0.25, -0.2) is 9.36 Å². The van der Waals surface area contributed by atoms with E-state index in [1.165, 1.54) is 18.8 Å². The molecule has 1 amide bonds. The molecule has 0 aliphatic heterocycles. The molecule has 4 rings (SSSR count). The van der Waals surface area contributed by atoms with E-state index >= 15 is 0 Å². The average Bonchev–Trinajstić information content (AvgIpc) is 2.86. The van der Waals surface area contributed by atoms with Crippen molar-refractivity contribution in [3.8, 4) is 17.2 Å². The highest BCUT2D eigenvalue weighted by Crippen LogP contribution is 2.26. The molecule has 34 heavy (non-hydrogen) atoms. The van der Waals surface area contributed by atoms with E-state index in [2.05, 4.69) is 5.32 Å². The van der Waals surface area contributed by atoms with Gasteiger partial charge in [-0.1, -0.05) is 42.0 Å². The Kier molecular flexibility index (Phi) is 6.49. The summed E-state index contributed by atoms with van der Waals surface area (Å²) in [5.74, 6) is 0.467. The summed E-state index contributed by atoms with van der Waals surface area (Å²) in [5.41, 5.74) is 1.58. The van der Waals surface area contributed by atoms with Crippen molar-refractivity contribution in [1.29, 1.82) is 0 Å². The predicted octanol–water partition coefficient (Wildman–Crippen LogP) is 2.79. The quantitative estimate of drug-likeness (QED) is 0.459. The molecule has 1 heterocycles. The van der Waals surface area contributed by atoms with Crippen LogP contribution in [-0.4, -0.2) is 29.3 Å². The zero-order chi connectivity index (χ0) is 24.2. The van der Waals surface area contributed by atoms with Crippen molar-refractivity contribution in [1.82, 2.24) is 14.5 Å². The molecule has 1 N–H and O–H groups in total. The Balaban J connectivity index is 1.77. The van der Waals surface area contributed by atoms with Crippen molar-refractivity contribution in [3.63, 3.8) is 0 Å². The number of carbonyl (C=O) groups excluding carboxylic acids is 1. The maximum Gasteiger partial charge on any atom is 0.336 e. The van der Waals surface area contributed by atoms with Gasteiger partial charge in [-0.15, -0.1) is 0 Å². The highest BCUT2D eigenvalue weighted by molar-refractivity contribution is 5.82. The highest BCUT2D eigenvalue weighted by atomic mass is 16.5. The van der Waals surface area contributed by atoms with Crippen LogP contribution >= 0.6 is 0 Å². The fourth-order valence-electron chi connectivity index (χ4n) is 3.76. The molecule has 8 heteroatoms. The average molecular weight is 460 g/mol. The van der Waals surface area contributed by atoms with Crippen molar-refractivity contribution in [2.24, 2.45) is 0 Å². The van der Waals surface area contributed by atoms with E-state index in [0.717, 1.165) is 15.7 Å². The van der Waals surface area contributed by atoms with E-state index in [9.17, 15) is 14.4 Å². The van der Waals surface area contributed by atoms with Crippen LogP contribution in [-0.2, 0) is 17.9 Å². The van der Waals surface area contributed by atoms with Crippen molar-refractivity contribution < 1.29 is 14.3 Å². The topological polar surface area (TPSA) is 91.6 Å². The lowest BCUT2D eigenvalue weighted by Crippen LogP contribution is -2.41. The van der Waals surface area contributed by atoms with Crippen molar-refractivity contribution in [2.45, 2.75) is 20.0 Å². The Labute approximate surface area is 196 Å². The summed E-state index contributed by atoms with van der Waals surface area (Å²) in [4.78, 5) is 39.6. The largest absolute Gasteiger partial charge is 0.497 e. The standard InChI is InChI=1S/C26H25N3O5/c1-17-8-10-18(11-9-17)15-27-24(30)16-28-21-7-5-4-6-20(21)25(31)29(26(28)32)22-13-12-19(33-2)14-23(22)34-3/h4-14H,15-16H2,1-3H3,(H,27,30). The van der Waals surface area contributed by atoms with Crippen LogP contribution in [0.3, 0.4) is 0 Å². The number of rotatable bonds is 7. The minimum absolute atomic E-state index is 0.246. The van der Waals surface area contributed by atoms with Crippen molar-refractivity contribution in [3.05, 3.63) is 98.7 Å². The van der Waals surface area contributed by atoms with E-state index in [-0.39, 0.29) is 18.1 Å². The summed E-state index contributed by atoms with van der Waals surface area (Å²) >= 11 is 0. The lowest BCUT2D eigenvalue weighted by atomic mass is 10.1. The molecule has 8 nitrogen and oxygen atoms in total. The van der Waals surface area contributed by atoms with Gasteiger partial charge in [-0.05, 0) is 36.8 Å². The number of hydrogen-bond acceptors (Lipinski definition) is 5. The number of nitrogens with one attached hydrogen (secondary N) is 1. The van der Waals surface area contributed by atoms with Gasteiger partial charge in [0.15, 0.2) is 0 Å². The molecule has 0 saturated heterocycles. The molecule has 1 aromatic heterocycles. The maximum absolute atomic E-state index is 13.5. The fourth-order valence-corrected chi connectivity index (χ4v) is 3.76. The molecule has 0 spiro atoms. The third-order valence-electron chi connectivity index (χ3n) is 5.59. The van der Waals surface area contributed by atoms with E-state index in [1.807, 2.05) is 31.2 Å². The molecule has 0 fully saturated rings. The number of hydrogen-bond donors (Lipinski definition) is 1. The Morgan fingerprint density at radius 1 is 0.941 bits per heavy atom. The van der Waals surface area contributed by atoms with Crippen LogP contribution in [0.15, 0.2) is 76.3 Å². The fraction of sp³-hybridized carbons (Fsp3) is 0.192. The molecule has 0 bridgehead atoms. The van der Waals surface area contributed by atoms with Crippen LogP contribution < -0.4 is 26.0 Å². The number of benzene rings is 3. The second kappa shape index (κ2) is 9.66. The van der Waals surface area contributed by atoms with Crippen molar-refractivity contribution in [2.75, 3.05) is 14.2 Å². The van der Waals surface area contributed by atoms with Crippen LogP contribution in [0.25, 0.3) is 16.6 Å². The number of ether oxygens (including phenoxy) is 2. The number of methoxy groups -OCH3 is 2. The van der Waals surface area contributed by atoms with Crippen LogP contribution in [0.2, 0.25) is 0 Å². The molecule has 3 aromatic carbocycles. The van der Waals surface area contributed by atoms with Gasteiger partial charge >= 0.3 is 5.69 Å². The number of fused-ring (bicyclic) bond motifs is 1. The van der Waals surface area contributed by atoms with E-state index < -0.39 is 11.2 Å². The highest BCUT2D eigenvalue weighted by Gasteiger charge is 2.19. The van der Waals surface area contributed by atoms with E-state index in [4.69, 9.17) is 9.47 Å². The zero-order valence-electron chi connectivity index (χ0n) is 19.2. The zero-order valence-corrected chi connectivity index (χ0v) is 19.2. The lowest BCUT2D eigenvalue weighted by Gasteiger charge is -2.16. The van der Waals surface area contributed by atoms with Crippen LogP contribution in [0.4, 0.5) is 0 Å². The Morgan fingerprint density at radius 2 is 1.68 bits per heavy atom. The van der Waals surface area contributed by atoms with Crippen LogP contribution in [0, 0.1) is 6.92 Å². The van der Waals surface area contributed by atoms with Crippen LogP contribution in [0.1, 0.15) is 11.1 Å². The third kappa shape index (κ3) is 4.43. The Hall–Kier alpha value is -4.33. The number of aromatic nitrogens is 2. The minimum atomic E-state index is -0.641. The van der Waals surface area contributed by atoms with Gasteiger partial charge in [-0.2, -0.15) is 0 Å². The molecule has 0 saturated carbocycles. The minimum Gasteiger partial charge on any atom is -0.497 e. The second-order valence-electron chi connectivity index (χ2n) is 7.83. The maximum atomic E-state index is 13.5. The van der Waals surface area contributed by atoms with Gasteiger partial charge in [0.05, 0.1) is 30.8 Å². The van der Waals surface area contributed by atoms with Gasteiger partial charge in [0.1, 0.15) is 18.0 Å². The summed E-state index contributed by atoms with van der Waals surface area (Å²) in [5, 5.41) is 3.15. The van der Waals surface area contributed by atoms with Gasteiger partial charge < -0.3 is 14.8 Å². The SMILES string of the molecule is COc1ccc(-n2c(=O)c3ccccc3n(CC(=O)NCc3ccc(C)cc3)c2=O)c(OC)c1. The first-order valence-corrected chi connectivity index (χ1v) is 10.7. The summed E-state index contributed by atoms with van der Waals surface area (Å²) in [7, 11) is 2.96. The molecule has 0 aliphatic rings. The lowest BCUT2D eigenvalue weighted by molar-refractivity contribution is -0.121. The molecule has 0 aliphatic carbocycles. The van der Waals surface area contributed by atoms with Crippen LogP contribution in [0.5, 0.6) is 11.5 Å². The molecule has 0 radical (unpaired) electrons. The monoisotopic (exact) mass is 459 g/mol. The smallest absolute Gasteiger partial charge is 0.336 e. The normalized spacial score (nSPS) is 10.8. The van der Waals surface area contributed by atoms with Gasteiger partial charge in [0, 0.05) is 12.6 Å². The van der Waals surface area contributed by atoms with Gasteiger partial charge in [0.2, 0.25) is 5.91 Å². The molecule has 4 aromatic rings. The van der Waals surface area contributed by atoms with Gasteiger partial charge in [0.25, 0.3) is 5.56 Å². The predicted molar refractivity (Wildman–Crippen MR) is 130 cm³/mol. The summed E-state index contributed by atoms with van der Waals surface area (Å²) < 4.78 is 13.0. The first-order chi connectivity index (χ1) is 16.4. The first kappa shape index (κ1) is 22.8. The first-order valence-electron chi connectivity index (χ1n) is 10.7. The third-order valence-corrected chi connectivity index (χ3v) is 5.59. The molecular formula is C26H25N3O5. The number of amides is 1. The van der Waals surface area contributed by atoms with E-state index in [0.29, 0.717) is 28.9 Å². The molecule has 174 valence electrons. The van der Waals surface area contributed by atoms with E-state index in [1.54, 1.807) is 42.5 Å². The molecular weight excluding hydrogens is 434 g/mol. The Bertz CT molecular complexity index is 1470. The summed E-state index contributed by atoms with van der Waals surface area (Å²) in [6, 6.07) is 19.3. The number of nitrogens with zero attached hydrogens (tertiary/aromatic N) is 2. The summed E-state index contributed by atoms with van der Waals surface area (Å²) in [6.07, 6.45) is 0. The number of para-hydroxylation sites is 1. The summed E-state index contributed by atoms with van der Waals surface area (Å²) in [6.45, 7) is 2.08. The molecule has 0 unspecified atom stereocenters. The number of carbonyl (C=O) groups is 1. The van der Waals surface area contributed by atoms with Crippen molar-refractivity contribution >= 4 is 16.8 Å². The number of aryl methyl sites for hydroxylation is 1. The second-order valence-corrected chi connectivity index (χ2v) is 7.83. The Morgan fingerprint density at radius 3 is 2.38 bits per heavy atom. The van der Waals surface area contributed by atoms with Gasteiger partial charge in [-0.3, -0.25) is 14.2 Å².